The van der Waals surface area contributed by atoms with Crippen molar-refractivity contribution in [2.75, 3.05) is 26.1 Å². The van der Waals surface area contributed by atoms with Gasteiger partial charge in [-0.1, -0.05) is 13.8 Å². The number of benzene rings is 1. The highest BCUT2D eigenvalue weighted by atomic mass is 16.5. The van der Waals surface area contributed by atoms with E-state index in [0.717, 1.165) is 0 Å². The Hall–Kier alpha value is -3.10. The third-order valence-corrected chi connectivity index (χ3v) is 3.32. The van der Waals surface area contributed by atoms with Gasteiger partial charge in [-0.3, -0.25) is 14.4 Å². The van der Waals surface area contributed by atoms with E-state index in [1.807, 2.05) is 13.8 Å². The van der Waals surface area contributed by atoms with Crippen molar-refractivity contribution in [1.82, 2.24) is 10.7 Å². The SMILES string of the molecule is COc1ccc(NC(=O)C/C(C)=N/NC(=O)C(=O)NCC(C)C)c(OC)c1. The van der Waals surface area contributed by atoms with E-state index in [-0.39, 0.29) is 18.2 Å². The molecular weight excluding hydrogens is 352 g/mol. The quantitative estimate of drug-likeness (QED) is 0.358. The van der Waals surface area contributed by atoms with Crippen LogP contribution in [0.2, 0.25) is 0 Å². The Balaban J connectivity index is 2.57. The zero-order chi connectivity index (χ0) is 20.4. The summed E-state index contributed by atoms with van der Waals surface area (Å²) < 4.78 is 10.3. The Morgan fingerprint density at radius 2 is 1.81 bits per heavy atom. The number of carbonyl (C=O) groups is 3. The molecule has 0 aliphatic heterocycles. The molecule has 9 heteroatoms. The van der Waals surface area contributed by atoms with Crippen molar-refractivity contribution in [2.45, 2.75) is 27.2 Å². The minimum absolute atomic E-state index is 0.0664. The second kappa shape index (κ2) is 10.8. The Bertz CT molecular complexity index is 716. The largest absolute Gasteiger partial charge is 0.497 e. The van der Waals surface area contributed by atoms with E-state index in [1.165, 1.54) is 14.2 Å². The van der Waals surface area contributed by atoms with Crippen LogP contribution in [0.3, 0.4) is 0 Å². The molecule has 0 bridgehead atoms. The fourth-order valence-corrected chi connectivity index (χ4v) is 1.94. The van der Waals surface area contributed by atoms with Gasteiger partial charge in [-0.2, -0.15) is 5.10 Å². The van der Waals surface area contributed by atoms with Crippen molar-refractivity contribution in [1.29, 1.82) is 0 Å². The van der Waals surface area contributed by atoms with E-state index in [0.29, 0.717) is 29.4 Å². The van der Waals surface area contributed by atoms with Gasteiger partial charge in [0.05, 0.1) is 26.3 Å². The number of methoxy groups -OCH3 is 2. The molecule has 27 heavy (non-hydrogen) atoms. The maximum absolute atomic E-state index is 12.1. The number of hydrogen-bond donors (Lipinski definition) is 3. The smallest absolute Gasteiger partial charge is 0.329 e. The summed E-state index contributed by atoms with van der Waals surface area (Å²) in [6.45, 7) is 5.78. The zero-order valence-electron chi connectivity index (χ0n) is 16.2. The zero-order valence-corrected chi connectivity index (χ0v) is 16.2. The molecule has 0 atom stereocenters. The van der Waals surface area contributed by atoms with E-state index < -0.39 is 11.8 Å². The summed E-state index contributed by atoms with van der Waals surface area (Å²) in [4.78, 5) is 35.3. The number of amides is 3. The Kier molecular flexibility index (Phi) is 8.77. The second-order valence-electron chi connectivity index (χ2n) is 6.18. The van der Waals surface area contributed by atoms with Gasteiger partial charge in [0, 0.05) is 18.3 Å². The van der Waals surface area contributed by atoms with Gasteiger partial charge in [0.25, 0.3) is 0 Å². The lowest BCUT2D eigenvalue weighted by atomic mass is 10.2. The van der Waals surface area contributed by atoms with E-state index in [2.05, 4.69) is 21.2 Å². The van der Waals surface area contributed by atoms with Gasteiger partial charge >= 0.3 is 11.8 Å². The van der Waals surface area contributed by atoms with Crippen LogP contribution in [0.5, 0.6) is 11.5 Å². The van der Waals surface area contributed by atoms with Crippen molar-refractivity contribution < 1.29 is 23.9 Å². The number of anilines is 1. The average Bonchev–Trinajstić information content (AvgIpc) is 2.64. The number of hydrazone groups is 1. The van der Waals surface area contributed by atoms with Gasteiger partial charge in [-0.25, -0.2) is 5.43 Å². The molecule has 0 radical (unpaired) electrons. The molecule has 1 aromatic carbocycles. The maximum atomic E-state index is 12.1. The molecule has 9 nitrogen and oxygen atoms in total. The Morgan fingerprint density at radius 3 is 2.41 bits per heavy atom. The van der Waals surface area contributed by atoms with Crippen LogP contribution in [-0.2, 0) is 14.4 Å². The van der Waals surface area contributed by atoms with Gasteiger partial charge in [0.15, 0.2) is 0 Å². The van der Waals surface area contributed by atoms with Crippen molar-refractivity contribution in [3.05, 3.63) is 18.2 Å². The first-order chi connectivity index (χ1) is 12.8. The van der Waals surface area contributed by atoms with Crippen LogP contribution in [0.1, 0.15) is 27.2 Å². The van der Waals surface area contributed by atoms with Gasteiger partial charge in [-0.05, 0) is 25.0 Å². The first-order valence-electron chi connectivity index (χ1n) is 8.40. The summed E-state index contributed by atoms with van der Waals surface area (Å²) in [5.41, 5.74) is 2.95. The molecule has 1 rings (SSSR count). The first kappa shape index (κ1) is 21.9. The number of nitrogens with zero attached hydrogens (tertiary/aromatic N) is 1. The van der Waals surface area contributed by atoms with E-state index in [9.17, 15) is 14.4 Å². The predicted molar refractivity (Wildman–Crippen MR) is 102 cm³/mol. The summed E-state index contributed by atoms with van der Waals surface area (Å²) >= 11 is 0. The molecular formula is C18H26N4O5. The van der Waals surface area contributed by atoms with Crippen LogP contribution in [0.4, 0.5) is 5.69 Å². The molecule has 0 heterocycles. The van der Waals surface area contributed by atoms with E-state index in [1.54, 1.807) is 25.1 Å². The Morgan fingerprint density at radius 1 is 1.11 bits per heavy atom. The average molecular weight is 378 g/mol. The molecule has 0 aromatic heterocycles. The van der Waals surface area contributed by atoms with Gasteiger partial charge in [0.1, 0.15) is 11.5 Å². The number of rotatable bonds is 8. The molecule has 148 valence electrons. The van der Waals surface area contributed by atoms with E-state index in [4.69, 9.17) is 9.47 Å². The number of ether oxygens (including phenoxy) is 2. The van der Waals surface area contributed by atoms with Crippen molar-refractivity contribution in [2.24, 2.45) is 11.0 Å². The summed E-state index contributed by atoms with van der Waals surface area (Å²) in [6.07, 6.45) is -0.0664. The third kappa shape index (κ3) is 7.76. The molecule has 0 saturated heterocycles. The van der Waals surface area contributed by atoms with Gasteiger partial charge in [-0.15, -0.1) is 0 Å². The van der Waals surface area contributed by atoms with Gasteiger partial charge < -0.3 is 20.1 Å². The predicted octanol–water partition coefficient (Wildman–Crippen LogP) is 1.30. The lowest BCUT2D eigenvalue weighted by Gasteiger charge is -2.11. The summed E-state index contributed by atoms with van der Waals surface area (Å²) in [5.74, 6) is -0.725. The van der Waals surface area contributed by atoms with Crippen LogP contribution >= 0.6 is 0 Å². The molecule has 3 N–H and O–H groups in total. The molecule has 0 aliphatic rings. The lowest BCUT2D eigenvalue weighted by Crippen LogP contribution is -2.39. The highest BCUT2D eigenvalue weighted by Gasteiger charge is 2.14. The highest BCUT2D eigenvalue weighted by molar-refractivity contribution is 6.35. The molecule has 1 aromatic rings. The lowest BCUT2D eigenvalue weighted by molar-refractivity contribution is -0.139. The molecule has 0 unspecified atom stereocenters. The summed E-state index contributed by atoms with van der Waals surface area (Å²) in [5, 5.41) is 8.94. The van der Waals surface area contributed by atoms with Crippen molar-refractivity contribution >= 4 is 29.1 Å². The molecule has 0 spiro atoms. The summed E-state index contributed by atoms with van der Waals surface area (Å²) in [7, 11) is 3.02. The normalized spacial score (nSPS) is 11.0. The van der Waals surface area contributed by atoms with Crippen LogP contribution in [-0.4, -0.2) is 44.2 Å². The number of carbonyl (C=O) groups excluding carboxylic acids is 3. The van der Waals surface area contributed by atoms with Crippen molar-refractivity contribution in [3.63, 3.8) is 0 Å². The van der Waals surface area contributed by atoms with Crippen molar-refractivity contribution in [3.8, 4) is 11.5 Å². The fraction of sp³-hybridized carbons (Fsp3) is 0.444. The minimum atomic E-state index is -0.882. The molecule has 3 amide bonds. The van der Waals surface area contributed by atoms with Gasteiger partial charge in [0.2, 0.25) is 5.91 Å². The van der Waals surface area contributed by atoms with Crippen LogP contribution in [0.15, 0.2) is 23.3 Å². The highest BCUT2D eigenvalue weighted by Crippen LogP contribution is 2.29. The fourth-order valence-electron chi connectivity index (χ4n) is 1.94. The van der Waals surface area contributed by atoms with Crippen LogP contribution in [0.25, 0.3) is 0 Å². The first-order valence-corrected chi connectivity index (χ1v) is 8.40. The molecule has 0 fully saturated rings. The standard InChI is InChI=1S/C18H26N4O5/c1-11(2)10-19-17(24)18(25)22-21-12(3)8-16(23)20-14-7-6-13(26-4)9-15(14)27-5/h6-7,9,11H,8,10H2,1-5H3,(H,19,24)(H,20,23)(H,22,25)/b21-12+. The minimum Gasteiger partial charge on any atom is -0.497 e. The maximum Gasteiger partial charge on any atom is 0.329 e. The van der Waals surface area contributed by atoms with E-state index >= 15 is 0 Å². The molecule has 0 aliphatic carbocycles. The number of hydrogen-bond acceptors (Lipinski definition) is 6. The summed E-state index contributed by atoms with van der Waals surface area (Å²) in [6, 6.07) is 4.99. The van der Waals surface area contributed by atoms with Crippen LogP contribution < -0.4 is 25.5 Å². The monoisotopic (exact) mass is 378 g/mol. The topological polar surface area (TPSA) is 118 Å². The third-order valence-electron chi connectivity index (χ3n) is 3.32. The van der Waals surface area contributed by atoms with Crippen LogP contribution in [0, 0.1) is 5.92 Å². The molecule has 0 saturated carbocycles. The second-order valence-corrected chi connectivity index (χ2v) is 6.18. The number of nitrogens with one attached hydrogen (secondary N) is 3. The Labute approximate surface area is 158 Å².